The van der Waals surface area contributed by atoms with Crippen molar-refractivity contribution in [3.8, 4) is 0 Å². The number of hydrogen-bond acceptors (Lipinski definition) is 4. The molecule has 138 valence electrons. The molecule has 0 unspecified atom stereocenters. The van der Waals surface area contributed by atoms with Crippen LogP contribution in [-0.4, -0.2) is 15.9 Å². The van der Waals surface area contributed by atoms with Crippen molar-refractivity contribution in [2.75, 3.05) is 10.6 Å². The largest absolute Gasteiger partial charge is 0.418 e. The molecular weight excluding hydrogens is 364 g/mol. The molecular formula is C18H12F4N4O. The van der Waals surface area contributed by atoms with Crippen LogP contribution in [0.2, 0.25) is 0 Å². The molecule has 2 N–H and O–H groups in total. The summed E-state index contributed by atoms with van der Waals surface area (Å²) in [4.78, 5) is 20.0. The number of carbonyl (C=O) groups is 1. The van der Waals surface area contributed by atoms with Gasteiger partial charge < -0.3 is 10.6 Å². The van der Waals surface area contributed by atoms with Crippen molar-refractivity contribution >= 4 is 23.2 Å². The van der Waals surface area contributed by atoms with E-state index in [-0.39, 0.29) is 17.2 Å². The third-order valence-electron chi connectivity index (χ3n) is 3.48. The van der Waals surface area contributed by atoms with Gasteiger partial charge in [0.1, 0.15) is 5.82 Å². The third kappa shape index (κ3) is 4.57. The van der Waals surface area contributed by atoms with Gasteiger partial charge in [0.25, 0.3) is 5.91 Å². The quantitative estimate of drug-likeness (QED) is 0.652. The van der Waals surface area contributed by atoms with Crippen molar-refractivity contribution in [3.05, 3.63) is 77.9 Å². The lowest BCUT2D eigenvalue weighted by Gasteiger charge is -2.13. The zero-order chi connectivity index (χ0) is 19.4. The minimum Gasteiger partial charge on any atom is -0.324 e. The summed E-state index contributed by atoms with van der Waals surface area (Å²) in [6.45, 7) is 0. The van der Waals surface area contributed by atoms with Crippen LogP contribution in [-0.2, 0) is 6.18 Å². The monoisotopic (exact) mass is 376 g/mol. The highest BCUT2D eigenvalue weighted by atomic mass is 19.4. The average Bonchev–Trinajstić information content (AvgIpc) is 2.62. The molecule has 2 aromatic carbocycles. The van der Waals surface area contributed by atoms with Crippen LogP contribution in [0.5, 0.6) is 0 Å². The summed E-state index contributed by atoms with van der Waals surface area (Å²) in [5.41, 5.74) is -0.941. The van der Waals surface area contributed by atoms with Crippen LogP contribution in [0.15, 0.2) is 60.9 Å². The summed E-state index contributed by atoms with van der Waals surface area (Å²) >= 11 is 0. The molecule has 3 aromatic rings. The van der Waals surface area contributed by atoms with Crippen molar-refractivity contribution in [2.45, 2.75) is 6.18 Å². The van der Waals surface area contributed by atoms with Gasteiger partial charge in [0, 0.05) is 18.1 Å². The predicted molar refractivity (Wildman–Crippen MR) is 91.1 cm³/mol. The van der Waals surface area contributed by atoms with Gasteiger partial charge in [0.2, 0.25) is 5.95 Å². The smallest absolute Gasteiger partial charge is 0.324 e. The number of benzene rings is 2. The number of anilines is 3. The van der Waals surface area contributed by atoms with E-state index >= 15 is 0 Å². The maximum absolute atomic E-state index is 13.1. The van der Waals surface area contributed by atoms with E-state index in [1.807, 2.05) is 0 Å². The van der Waals surface area contributed by atoms with E-state index in [1.54, 1.807) is 6.07 Å². The Morgan fingerprint density at radius 3 is 2.33 bits per heavy atom. The molecule has 1 amide bonds. The van der Waals surface area contributed by atoms with Crippen molar-refractivity contribution in [1.82, 2.24) is 9.97 Å². The molecule has 0 radical (unpaired) electrons. The second kappa shape index (κ2) is 7.40. The van der Waals surface area contributed by atoms with Crippen molar-refractivity contribution < 1.29 is 22.4 Å². The fourth-order valence-electron chi connectivity index (χ4n) is 2.24. The summed E-state index contributed by atoms with van der Waals surface area (Å²) in [5.74, 6) is -1.13. The highest BCUT2D eigenvalue weighted by Gasteiger charge is 2.33. The zero-order valence-electron chi connectivity index (χ0n) is 13.6. The molecule has 3 rings (SSSR count). The maximum atomic E-state index is 13.1. The van der Waals surface area contributed by atoms with Crippen LogP contribution in [0.25, 0.3) is 0 Å². The Morgan fingerprint density at radius 2 is 1.67 bits per heavy atom. The fraction of sp³-hybridized carbons (Fsp3) is 0.0556. The number of amides is 1. The Balaban J connectivity index is 1.73. The topological polar surface area (TPSA) is 66.9 Å². The molecule has 0 spiro atoms. The first kappa shape index (κ1) is 18.3. The number of para-hydroxylation sites is 1. The number of rotatable bonds is 4. The molecule has 5 nitrogen and oxygen atoms in total. The van der Waals surface area contributed by atoms with Gasteiger partial charge in [-0.25, -0.2) is 14.4 Å². The Kier molecular flexibility index (Phi) is 5.02. The fourth-order valence-corrected chi connectivity index (χ4v) is 2.24. The van der Waals surface area contributed by atoms with Crippen LogP contribution in [0.3, 0.4) is 0 Å². The molecule has 0 saturated carbocycles. The van der Waals surface area contributed by atoms with E-state index in [9.17, 15) is 22.4 Å². The Hall–Kier alpha value is -3.49. The van der Waals surface area contributed by atoms with E-state index < -0.39 is 23.5 Å². The van der Waals surface area contributed by atoms with Gasteiger partial charge in [0.15, 0.2) is 0 Å². The number of hydrogen-bond donors (Lipinski definition) is 2. The molecule has 0 aliphatic carbocycles. The minimum atomic E-state index is -4.60. The van der Waals surface area contributed by atoms with Crippen LogP contribution in [0.4, 0.5) is 34.9 Å². The van der Waals surface area contributed by atoms with Crippen LogP contribution >= 0.6 is 0 Å². The summed E-state index contributed by atoms with van der Waals surface area (Å²) < 4.78 is 52.1. The summed E-state index contributed by atoms with van der Waals surface area (Å²) in [6.07, 6.45) is -2.29. The molecule has 0 atom stereocenters. The van der Waals surface area contributed by atoms with Gasteiger partial charge >= 0.3 is 6.18 Å². The number of halogens is 4. The third-order valence-corrected chi connectivity index (χ3v) is 3.48. The lowest BCUT2D eigenvalue weighted by Crippen LogP contribution is -2.17. The maximum Gasteiger partial charge on any atom is 0.418 e. The zero-order valence-corrected chi connectivity index (χ0v) is 13.6. The minimum absolute atomic E-state index is 0.0308. The molecule has 9 heteroatoms. The van der Waals surface area contributed by atoms with E-state index in [0.29, 0.717) is 5.69 Å². The number of nitrogens with one attached hydrogen (secondary N) is 2. The first-order valence-electron chi connectivity index (χ1n) is 7.65. The van der Waals surface area contributed by atoms with E-state index in [1.165, 1.54) is 30.3 Å². The van der Waals surface area contributed by atoms with Gasteiger partial charge in [-0.1, -0.05) is 18.2 Å². The predicted octanol–water partition coefficient (Wildman–Crippen LogP) is 4.63. The Bertz CT molecular complexity index is 958. The van der Waals surface area contributed by atoms with Gasteiger partial charge in [-0.2, -0.15) is 13.2 Å². The standard InChI is InChI=1S/C18H12F4N4O/c19-12-4-3-5-13(8-12)25-17-23-9-11(10-24-17)16(27)26-15-7-2-1-6-14(15)18(20,21)22/h1-10H,(H,26,27)(H,23,24,25). The van der Waals surface area contributed by atoms with Crippen molar-refractivity contribution in [3.63, 3.8) is 0 Å². The number of alkyl halides is 3. The molecule has 1 heterocycles. The van der Waals surface area contributed by atoms with Crippen LogP contribution < -0.4 is 10.6 Å². The molecule has 0 aliphatic heterocycles. The molecule has 0 fully saturated rings. The van der Waals surface area contributed by atoms with Crippen LogP contribution in [0.1, 0.15) is 15.9 Å². The number of carbonyl (C=O) groups excluding carboxylic acids is 1. The first-order chi connectivity index (χ1) is 12.8. The highest BCUT2D eigenvalue weighted by molar-refractivity contribution is 6.04. The van der Waals surface area contributed by atoms with Crippen molar-refractivity contribution in [1.29, 1.82) is 0 Å². The number of aromatic nitrogens is 2. The summed E-state index contributed by atoms with van der Waals surface area (Å²) in [6, 6.07) is 10.2. The first-order valence-corrected chi connectivity index (χ1v) is 7.65. The van der Waals surface area contributed by atoms with Gasteiger partial charge in [-0.05, 0) is 30.3 Å². The SMILES string of the molecule is O=C(Nc1ccccc1C(F)(F)F)c1cnc(Nc2cccc(F)c2)nc1. The lowest BCUT2D eigenvalue weighted by molar-refractivity contribution is -0.136. The Labute approximate surface area is 151 Å². The Morgan fingerprint density at radius 1 is 0.963 bits per heavy atom. The van der Waals surface area contributed by atoms with Gasteiger partial charge in [0.05, 0.1) is 16.8 Å². The highest BCUT2D eigenvalue weighted by Crippen LogP contribution is 2.34. The molecule has 1 aromatic heterocycles. The molecule has 0 aliphatic rings. The van der Waals surface area contributed by atoms with Gasteiger partial charge in [-0.3, -0.25) is 4.79 Å². The van der Waals surface area contributed by atoms with E-state index in [0.717, 1.165) is 24.5 Å². The average molecular weight is 376 g/mol. The lowest BCUT2D eigenvalue weighted by atomic mass is 10.1. The molecule has 0 bridgehead atoms. The summed E-state index contributed by atoms with van der Waals surface area (Å²) in [5, 5.41) is 4.95. The summed E-state index contributed by atoms with van der Waals surface area (Å²) in [7, 11) is 0. The van der Waals surface area contributed by atoms with Gasteiger partial charge in [-0.15, -0.1) is 0 Å². The molecule has 27 heavy (non-hydrogen) atoms. The van der Waals surface area contributed by atoms with Crippen LogP contribution in [0, 0.1) is 5.82 Å². The normalized spacial score (nSPS) is 11.1. The second-order valence-corrected chi connectivity index (χ2v) is 5.43. The molecule has 0 saturated heterocycles. The van der Waals surface area contributed by atoms with E-state index in [4.69, 9.17) is 0 Å². The second-order valence-electron chi connectivity index (χ2n) is 5.43. The van der Waals surface area contributed by atoms with Crippen molar-refractivity contribution in [2.24, 2.45) is 0 Å². The number of nitrogens with zero attached hydrogens (tertiary/aromatic N) is 2. The van der Waals surface area contributed by atoms with E-state index in [2.05, 4.69) is 20.6 Å².